The zero-order valence-electron chi connectivity index (χ0n) is 42.6. The zero-order valence-corrected chi connectivity index (χ0v) is 46.6. The van der Waals surface area contributed by atoms with Crippen molar-refractivity contribution in [3.05, 3.63) is 178 Å². The van der Waals surface area contributed by atoms with E-state index in [2.05, 4.69) is 57.3 Å². The number of amides is 1. The van der Waals surface area contributed by atoms with Gasteiger partial charge in [-0.1, -0.05) is 99.4 Å². The molecule has 15 heteroatoms. The summed E-state index contributed by atoms with van der Waals surface area (Å²) in [7, 11) is 3.70. The number of aryl methyl sites for hydroxylation is 3. The van der Waals surface area contributed by atoms with Crippen LogP contribution in [0.4, 0.5) is 0 Å². The van der Waals surface area contributed by atoms with Crippen molar-refractivity contribution in [1.82, 2.24) is 29.3 Å². The highest BCUT2D eigenvalue weighted by atomic mass is 35.5. The van der Waals surface area contributed by atoms with Crippen LogP contribution in [-0.4, -0.2) is 68.6 Å². The standard InChI is InChI=1S/C59H58Cl2N6O4S3/c1-8-37-12-10-13-40(53(37)66-35(3)43(56(69)65(7)27-11-26-62-6)29-45(57(66)70)54-63-47(33-73-54)38-17-21-41(60)22-18-38)16-14-36-15-25-49(52(28-36)72-9-2)67-50-31-59(4,5)32-51(68)44(50)30-46(58(67)71)55-64-48(34-74-55)39-19-23-42(61)24-20-39/h10,12-13,15,17-25,28-30,33-34,62H,8-9,11,14,16,26-27,31-32H2,1-7H3. The van der Waals surface area contributed by atoms with Crippen molar-refractivity contribution in [3.8, 4) is 55.0 Å². The Hall–Kier alpha value is -5.93. The second kappa shape index (κ2) is 22.5. The molecule has 74 heavy (non-hydrogen) atoms. The van der Waals surface area contributed by atoms with Crippen LogP contribution < -0.4 is 16.4 Å². The quantitative estimate of drug-likeness (QED) is 0.0707. The number of Topliss-reactive ketones (excluding diaryl/α,β-unsaturated/α-hetero) is 1. The summed E-state index contributed by atoms with van der Waals surface area (Å²) < 4.78 is 3.52. The van der Waals surface area contributed by atoms with Crippen LogP contribution in [-0.2, 0) is 25.7 Å². The normalized spacial score (nSPS) is 13.1. The molecule has 1 amide bonds. The summed E-state index contributed by atoms with van der Waals surface area (Å²) in [4.78, 5) is 71.3. The minimum atomic E-state index is -0.345. The topological polar surface area (TPSA) is 119 Å². The molecule has 10 nitrogen and oxygen atoms in total. The van der Waals surface area contributed by atoms with Crippen molar-refractivity contribution in [2.45, 2.75) is 78.0 Å². The molecule has 0 saturated carbocycles. The largest absolute Gasteiger partial charge is 0.342 e. The van der Waals surface area contributed by atoms with Gasteiger partial charge in [0.15, 0.2) is 5.78 Å². The van der Waals surface area contributed by atoms with Crippen LogP contribution >= 0.6 is 57.6 Å². The Morgan fingerprint density at radius 2 is 1.38 bits per heavy atom. The number of ketones is 1. The zero-order chi connectivity index (χ0) is 52.4. The SMILES string of the molecule is CCSc1cc(CCc2cccc(CC)c2-n2c(C)c(C(=O)N(C)CCCNC)cc(-c3nc(-c4ccc(Cl)cc4)cs3)c2=O)ccc1-n1c2c(cc(-c3nc(-c4ccc(Cl)cc4)cs3)c1=O)C(=O)CC(C)(C)C2. The third kappa shape index (κ3) is 10.9. The average molecular weight is 1080 g/mol. The number of halogens is 2. The van der Waals surface area contributed by atoms with E-state index in [1.54, 1.807) is 45.0 Å². The van der Waals surface area contributed by atoms with E-state index in [1.165, 1.54) is 22.7 Å². The fourth-order valence-electron chi connectivity index (χ4n) is 9.83. The lowest BCUT2D eigenvalue weighted by Gasteiger charge is -2.32. The Bertz CT molecular complexity index is 3540. The van der Waals surface area contributed by atoms with E-state index >= 15 is 9.59 Å². The van der Waals surface area contributed by atoms with Crippen LogP contribution in [0.3, 0.4) is 0 Å². The van der Waals surface area contributed by atoms with E-state index in [0.29, 0.717) is 98.0 Å². The molecule has 9 rings (SSSR count). The monoisotopic (exact) mass is 1080 g/mol. The molecule has 4 aromatic carbocycles. The second-order valence-electron chi connectivity index (χ2n) is 19.5. The van der Waals surface area contributed by atoms with Crippen LogP contribution in [0.2, 0.25) is 10.0 Å². The first-order chi connectivity index (χ1) is 35.6. The Labute approximate surface area is 454 Å². The first-order valence-corrected chi connectivity index (χ1v) is 28.4. The Kier molecular flexibility index (Phi) is 16.1. The fraction of sp³-hybridized carbons (Fsp3) is 0.288. The molecule has 0 unspecified atom stereocenters. The van der Waals surface area contributed by atoms with Gasteiger partial charge in [-0.3, -0.25) is 28.3 Å². The van der Waals surface area contributed by atoms with Gasteiger partial charge in [-0.2, -0.15) is 0 Å². The number of thiazole rings is 2. The first-order valence-electron chi connectivity index (χ1n) is 24.9. The molecule has 4 aromatic heterocycles. The third-order valence-corrected chi connectivity index (χ3v) is 16.8. The number of benzene rings is 4. The van der Waals surface area contributed by atoms with Crippen LogP contribution in [0.1, 0.15) is 89.3 Å². The molecule has 1 aliphatic rings. The number of rotatable bonds is 17. The first kappa shape index (κ1) is 52.9. The predicted molar refractivity (Wildman–Crippen MR) is 307 cm³/mol. The van der Waals surface area contributed by atoms with Crippen LogP contribution in [0.25, 0.3) is 55.0 Å². The smallest absolute Gasteiger partial charge is 0.265 e. The van der Waals surface area contributed by atoms with Crippen molar-refractivity contribution >= 4 is 69.3 Å². The van der Waals surface area contributed by atoms with Gasteiger partial charge in [-0.15, -0.1) is 34.4 Å². The molecular formula is C59H58Cl2N6O4S3. The molecule has 380 valence electrons. The highest BCUT2D eigenvalue weighted by Crippen LogP contribution is 2.40. The number of hydrogen-bond acceptors (Lipinski definition) is 10. The van der Waals surface area contributed by atoms with Crippen LogP contribution in [0.15, 0.2) is 122 Å². The Balaban J connectivity index is 1.12. The number of pyridine rings is 2. The highest BCUT2D eigenvalue weighted by Gasteiger charge is 2.35. The summed E-state index contributed by atoms with van der Waals surface area (Å²) in [5, 5.41) is 9.33. The summed E-state index contributed by atoms with van der Waals surface area (Å²) >= 11 is 16.8. The maximum Gasteiger partial charge on any atom is 0.265 e. The Morgan fingerprint density at radius 3 is 1.99 bits per heavy atom. The third-order valence-electron chi connectivity index (χ3n) is 13.6. The summed E-state index contributed by atoms with van der Waals surface area (Å²) in [6.07, 6.45) is 3.54. The number of nitrogens with zero attached hydrogens (tertiary/aromatic N) is 5. The number of carbonyl (C=O) groups excluding carboxylic acids is 2. The summed E-state index contributed by atoms with van der Waals surface area (Å²) in [5.41, 5.74) is 9.86. The number of para-hydroxylation sites is 1. The van der Waals surface area contributed by atoms with Crippen molar-refractivity contribution < 1.29 is 9.59 Å². The molecule has 0 bridgehead atoms. The van der Waals surface area contributed by atoms with E-state index in [0.717, 1.165) is 68.5 Å². The molecule has 1 N–H and O–H groups in total. The maximum atomic E-state index is 15.2. The molecule has 0 fully saturated rings. The fourth-order valence-corrected chi connectivity index (χ4v) is 12.6. The van der Waals surface area contributed by atoms with Gasteiger partial charge in [-0.05, 0) is 129 Å². The van der Waals surface area contributed by atoms with Gasteiger partial charge in [0.05, 0.1) is 39.5 Å². The lowest BCUT2D eigenvalue weighted by atomic mass is 9.75. The average Bonchev–Trinajstić information content (AvgIpc) is 4.08. The van der Waals surface area contributed by atoms with E-state index in [4.69, 9.17) is 33.2 Å². The number of hydrogen-bond donors (Lipinski definition) is 1. The number of fused-ring (bicyclic) bond motifs is 1. The van der Waals surface area contributed by atoms with Crippen molar-refractivity contribution in [2.75, 3.05) is 32.9 Å². The summed E-state index contributed by atoms with van der Waals surface area (Å²) in [6, 6.07) is 30.8. The maximum absolute atomic E-state index is 15.2. The van der Waals surface area contributed by atoms with Crippen LogP contribution in [0.5, 0.6) is 0 Å². The van der Waals surface area contributed by atoms with E-state index < -0.39 is 0 Å². The summed E-state index contributed by atoms with van der Waals surface area (Å²) in [5.74, 6) is 0.587. The lowest BCUT2D eigenvalue weighted by Crippen LogP contribution is -2.35. The molecule has 1 aliphatic carbocycles. The minimum Gasteiger partial charge on any atom is -0.342 e. The molecule has 4 heterocycles. The molecular weight excluding hydrogens is 1020 g/mol. The molecule has 0 atom stereocenters. The van der Waals surface area contributed by atoms with Gasteiger partial charge in [0.1, 0.15) is 10.0 Å². The van der Waals surface area contributed by atoms with Gasteiger partial charge < -0.3 is 10.2 Å². The molecule has 0 aliphatic heterocycles. The number of aromatic nitrogens is 4. The highest BCUT2D eigenvalue weighted by molar-refractivity contribution is 7.99. The van der Waals surface area contributed by atoms with Gasteiger partial charge >= 0.3 is 0 Å². The Morgan fingerprint density at radius 1 is 0.770 bits per heavy atom. The molecule has 0 spiro atoms. The van der Waals surface area contributed by atoms with Crippen molar-refractivity contribution in [2.24, 2.45) is 5.41 Å². The number of nitrogens with one attached hydrogen (secondary N) is 1. The molecule has 8 aromatic rings. The second-order valence-corrected chi connectivity index (χ2v) is 23.4. The van der Waals surface area contributed by atoms with Gasteiger partial charge in [0.2, 0.25) is 0 Å². The van der Waals surface area contributed by atoms with Gasteiger partial charge in [-0.25, -0.2) is 9.97 Å². The van der Waals surface area contributed by atoms with Crippen molar-refractivity contribution in [3.63, 3.8) is 0 Å². The summed E-state index contributed by atoms with van der Waals surface area (Å²) in [6.45, 7) is 11.5. The van der Waals surface area contributed by atoms with Gasteiger partial charge in [0.25, 0.3) is 17.0 Å². The van der Waals surface area contributed by atoms with E-state index in [-0.39, 0.29) is 28.2 Å². The van der Waals surface area contributed by atoms with Crippen LogP contribution in [0, 0.1) is 12.3 Å². The van der Waals surface area contributed by atoms with Crippen molar-refractivity contribution in [1.29, 1.82) is 0 Å². The number of thioether (sulfide) groups is 1. The predicted octanol–water partition coefficient (Wildman–Crippen LogP) is 13.5. The van der Waals surface area contributed by atoms with E-state index in [1.807, 2.05) is 85.4 Å². The van der Waals surface area contributed by atoms with E-state index in [9.17, 15) is 9.59 Å². The van der Waals surface area contributed by atoms with Gasteiger partial charge in [0, 0.05) is 73.8 Å². The number of carbonyl (C=O) groups is 2. The molecule has 0 radical (unpaired) electrons. The minimum absolute atomic E-state index is 0.00871. The lowest BCUT2D eigenvalue weighted by molar-refractivity contribution is 0.0791. The molecule has 0 saturated heterocycles.